The van der Waals surface area contributed by atoms with Gasteiger partial charge in [0.05, 0.1) is 11.3 Å². The Balaban J connectivity index is 2.53. The predicted molar refractivity (Wildman–Crippen MR) is 82.3 cm³/mol. The number of hydrogen-bond donors (Lipinski definition) is 1. The van der Waals surface area contributed by atoms with Crippen LogP contribution < -0.4 is 4.90 Å². The van der Waals surface area contributed by atoms with Gasteiger partial charge in [0, 0.05) is 17.3 Å². The maximum Gasteiger partial charge on any atom is 0.337 e. The third-order valence-electron chi connectivity index (χ3n) is 3.14. The number of carboxylic acid groups (broad SMARTS) is 1. The summed E-state index contributed by atoms with van der Waals surface area (Å²) in [4.78, 5) is 13.3. The number of carboxylic acids is 1. The second-order valence-corrected chi connectivity index (χ2v) is 4.98. The molecular weight excluding hydrogens is 274 g/mol. The first-order chi connectivity index (χ1) is 9.52. The van der Waals surface area contributed by atoms with Gasteiger partial charge in [-0.05, 0) is 44.2 Å². The van der Waals surface area contributed by atoms with Crippen molar-refractivity contribution in [1.29, 1.82) is 0 Å². The fourth-order valence-corrected chi connectivity index (χ4v) is 2.29. The Bertz CT molecular complexity index is 623. The van der Waals surface area contributed by atoms with Gasteiger partial charge in [-0.25, -0.2) is 4.79 Å². The van der Waals surface area contributed by atoms with Crippen molar-refractivity contribution < 1.29 is 9.90 Å². The number of halogens is 1. The van der Waals surface area contributed by atoms with Gasteiger partial charge in [-0.1, -0.05) is 29.3 Å². The van der Waals surface area contributed by atoms with E-state index < -0.39 is 5.97 Å². The first-order valence-corrected chi connectivity index (χ1v) is 6.77. The number of hydrogen-bond acceptors (Lipinski definition) is 2. The predicted octanol–water partition coefficient (Wildman–Crippen LogP) is 4.50. The summed E-state index contributed by atoms with van der Waals surface area (Å²) in [5, 5.41) is 9.85. The molecule has 1 N–H and O–H groups in total. The lowest BCUT2D eigenvalue weighted by Crippen LogP contribution is -2.19. The molecule has 20 heavy (non-hydrogen) atoms. The van der Waals surface area contributed by atoms with Crippen LogP contribution in [0.15, 0.2) is 42.5 Å². The van der Waals surface area contributed by atoms with Gasteiger partial charge in [-0.3, -0.25) is 0 Å². The summed E-state index contributed by atoms with van der Waals surface area (Å²) in [5.74, 6) is -0.956. The molecule has 0 aliphatic heterocycles. The summed E-state index contributed by atoms with van der Waals surface area (Å²) in [5.41, 5.74) is 2.96. The quantitative estimate of drug-likeness (QED) is 0.900. The van der Waals surface area contributed by atoms with Crippen molar-refractivity contribution in [2.75, 3.05) is 11.4 Å². The van der Waals surface area contributed by atoms with Crippen LogP contribution in [-0.2, 0) is 0 Å². The largest absolute Gasteiger partial charge is 0.478 e. The van der Waals surface area contributed by atoms with Crippen molar-refractivity contribution >= 4 is 28.9 Å². The SMILES string of the molecule is CCN(c1ccc(C)cc1)c1cc(Cl)ccc1C(=O)O. The van der Waals surface area contributed by atoms with Crippen LogP contribution in [0.1, 0.15) is 22.8 Å². The molecule has 0 unspecified atom stereocenters. The van der Waals surface area contributed by atoms with Gasteiger partial charge in [-0.2, -0.15) is 0 Å². The van der Waals surface area contributed by atoms with E-state index in [-0.39, 0.29) is 5.56 Å². The number of anilines is 2. The van der Waals surface area contributed by atoms with Gasteiger partial charge >= 0.3 is 5.97 Å². The highest BCUT2D eigenvalue weighted by molar-refractivity contribution is 6.31. The molecule has 0 aromatic heterocycles. The lowest BCUT2D eigenvalue weighted by Gasteiger charge is -2.25. The number of nitrogens with zero attached hydrogens (tertiary/aromatic N) is 1. The molecular formula is C16H16ClNO2. The Labute approximate surface area is 123 Å². The van der Waals surface area contributed by atoms with Crippen LogP contribution in [0.25, 0.3) is 0 Å². The first kappa shape index (κ1) is 14.4. The second-order valence-electron chi connectivity index (χ2n) is 4.55. The minimum atomic E-state index is -0.956. The Kier molecular flexibility index (Phi) is 4.30. The molecule has 0 radical (unpaired) electrons. The van der Waals surface area contributed by atoms with Crippen molar-refractivity contribution in [3.05, 3.63) is 58.6 Å². The highest BCUT2D eigenvalue weighted by Crippen LogP contribution is 2.31. The number of rotatable bonds is 4. The van der Waals surface area contributed by atoms with Crippen LogP contribution in [0.3, 0.4) is 0 Å². The number of benzene rings is 2. The minimum Gasteiger partial charge on any atom is -0.478 e. The molecule has 0 fully saturated rings. The van der Waals surface area contributed by atoms with Crippen LogP contribution in [-0.4, -0.2) is 17.6 Å². The molecule has 0 saturated heterocycles. The zero-order valence-corrected chi connectivity index (χ0v) is 12.2. The van der Waals surface area contributed by atoms with Gasteiger partial charge in [0.25, 0.3) is 0 Å². The monoisotopic (exact) mass is 289 g/mol. The van der Waals surface area contributed by atoms with E-state index >= 15 is 0 Å². The molecule has 0 heterocycles. The van der Waals surface area contributed by atoms with Gasteiger partial charge in [0.15, 0.2) is 0 Å². The number of aromatic carboxylic acids is 1. The van der Waals surface area contributed by atoms with Gasteiger partial charge in [0.1, 0.15) is 0 Å². The van der Waals surface area contributed by atoms with Crippen LogP contribution in [0.5, 0.6) is 0 Å². The topological polar surface area (TPSA) is 40.5 Å². The summed E-state index contributed by atoms with van der Waals surface area (Å²) in [6.45, 7) is 4.65. The average Bonchev–Trinajstić information content (AvgIpc) is 2.41. The maximum atomic E-state index is 11.4. The van der Waals surface area contributed by atoms with E-state index in [0.29, 0.717) is 17.3 Å². The zero-order chi connectivity index (χ0) is 14.7. The molecule has 2 aromatic carbocycles. The molecule has 0 amide bonds. The fraction of sp³-hybridized carbons (Fsp3) is 0.188. The highest BCUT2D eigenvalue weighted by atomic mass is 35.5. The van der Waals surface area contributed by atoms with Crippen LogP contribution in [0.2, 0.25) is 5.02 Å². The van der Waals surface area contributed by atoms with E-state index in [9.17, 15) is 9.90 Å². The molecule has 2 aromatic rings. The van der Waals surface area contributed by atoms with Crippen molar-refractivity contribution in [3.63, 3.8) is 0 Å². The molecule has 0 aliphatic rings. The summed E-state index contributed by atoms with van der Waals surface area (Å²) >= 11 is 6.02. The van der Waals surface area contributed by atoms with E-state index in [0.717, 1.165) is 11.3 Å². The third-order valence-corrected chi connectivity index (χ3v) is 3.38. The molecule has 2 rings (SSSR count). The van der Waals surface area contributed by atoms with Gasteiger partial charge in [-0.15, -0.1) is 0 Å². The van der Waals surface area contributed by atoms with E-state index in [2.05, 4.69) is 0 Å². The zero-order valence-electron chi connectivity index (χ0n) is 11.4. The van der Waals surface area contributed by atoms with E-state index in [1.54, 1.807) is 12.1 Å². The summed E-state index contributed by atoms with van der Waals surface area (Å²) in [6, 6.07) is 12.8. The Morgan fingerprint density at radius 2 is 1.85 bits per heavy atom. The van der Waals surface area contributed by atoms with Crippen LogP contribution in [0.4, 0.5) is 11.4 Å². The number of carbonyl (C=O) groups is 1. The van der Waals surface area contributed by atoms with Gasteiger partial charge < -0.3 is 10.0 Å². The van der Waals surface area contributed by atoms with E-state index in [1.165, 1.54) is 6.07 Å². The Morgan fingerprint density at radius 1 is 1.20 bits per heavy atom. The standard InChI is InChI=1S/C16H16ClNO2/c1-3-18(13-7-4-11(2)5-8-13)15-10-12(17)6-9-14(15)16(19)20/h4-10H,3H2,1-2H3,(H,19,20). The third kappa shape index (κ3) is 2.94. The van der Waals surface area contributed by atoms with E-state index in [1.807, 2.05) is 43.0 Å². The second kappa shape index (κ2) is 5.97. The van der Waals surface area contributed by atoms with Crippen molar-refractivity contribution in [3.8, 4) is 0 Å². The molecule has 104 valence electrons. The van der Waals surface area contributed by atoms with Crippen LogP contribution in [0, 0.1) is 6.92 Å². The molecule has 0 bridgehead atoms. The number of aryl methyl sites for hydroxylation is 1. The molecule has 0 atom stereocenters. The van der Waals surface area contributed by atoms with Crippen molar-refractivity contribution in [2.24, 2.45) is 0 Å². The Morgan fingerprint density at radius 3 is 2.40 bits per heavy atom. The summed E-state index contributed by atoms with van der Waals surface area (Å²) in [6.07, 6.45) is 0. The fourth-order valence-electron chi connectivity index (χ4n) is 2.13. The molecule has 3 nitrogen and oxygen atoms in total. The maximum absolute atomic E-state index is 11.4. The van der Waals surface area contributed by atoms with E-state index in [4.69, 9.17) is 11.6 Å². The molecule has 0 spiro atoms. The lowest BCUT2D eigenvalue weighted by molar-refractivity contribution is 0.0697. The molecule has 0 saturated carbocycles. The average molecular weight is 290 g/mol. The minimum absolute atomic E-state index is 0.247. The first-order valence-electron chi connectivity index (χ1n) is 6.40. The van der Waals surface area contributed by atoms with Crippen molar-refractivity contribution in [2.45, 2.75) is 13.8 Å². The molecule has 0 aliphatic carbocycles. The van der Waals surface area contributed by atoms with Gasteiger partial charge in [0.2, 0.25) is 0 Å². The summed E-state index contributed by atoms with van der Waals surface area (Å²) < 4.78 is 0. The Hall–Kier alpha value is -2.00. The van der Waals surface area contributed by atoms with Crippen LogP contribution >= 0.6 is 11.6 Å². The highest BCUT2D eigenvalue weighted by Gasteiger charge is 2.16. The van der Waals surface area contributed by atoms with Crippen molar-refractivity contribution in [1.82, 2.24) is 0 Å². The smallest absolute Gasteiger partial charge is 0.337 e. The lowest BCUT2D eigenvalue weighted by atomic mass is 10.1. The normalized spacial score (nSPS) is 10.3. The summed E-state index contributed by atoms with van der Waals surface area (Å²) in [7, 11) is 0. The molecule has 4 heteroatoms.